The topological polar surface area (TPSA) is 55.5 Å². The van der Waals surface area contributed by atoms with Crippen LogP contribution >= 0.6 is 12.4 Å². The molecule has 9 heteroatoms. The first-order chi connectivity index (χ1) is 8.21. The van der Waals surface area contributed by atoms with Crippen LogP contribution in [-0.2, 0) is 0 Å². The van der Waals surface area contributed by atoms with Crippen molar-refractivity contribution < 1.29 is 31.8 Å². The van der Waals surface area contributed by atoms with Crippen molar-refractivity contribution in [1.82, 2.24) is 0 Å². The average molecular weight is 308 g/mol. The summed E-state index contributed by atoms with van der Waals surface area (Å²) < 4.78 is 64.5. The van der Waals surface area contributed by atoms with E-state index < -0.39 is 24.9 Å². The highest BCUT2D eigenvalue weighted by molar-refractivity contribution is 5.85. The van der Waals surface area contributed by atoms with Crippen LogP contribution < -0.4 is 10.5 Å². The molecule has 0 fully saturated rings. The fourth-order valence-corrected chi connectivity index (χ4v) is 1.28. The number of ether oxygens (including phenoxy) is 1. The molecule has 0 aliphatic heterocycles. The minimum absolute atomic E-state index is 0. The molecule has 3 nitrogen and oxygen atoms in total. The Labute approximate surface area is 111 Å². The molecule has 1 aromatic rings. The van der Waals surface area contributed by atoms with E-state index in [9.17, 15) is 22.0 Å². The highest BCUT2D eigenvalue weighted by Gasteiger charge is 2.42. The number of aliphatic hydroxyl groups is 1. The Kier molecular flexibility index (Phi) is 6.47. The molecule has 0 aromatic heterocycles. The molecular formula is C10H11ClF5NO2. The van der Waals surface area contributed by atoms with Crippen LogP contribution in [0.2, 0.25) is 0 Å². The van der Waals surface area contributed by atoms with Crippen LogP contribution in [0.15, 0.2) is 24.3 Å². The Balaban J connectivity index is 0.00000324. The van der Waals surface area contributed by atoms with Gasteiger partial charge in [-0.25, -0.2) is 0 Å². The van der Waals surface area contributed by atoms with E-state index in [2.05, 4.69) is 4.74 Å². The monoisotopic (exact) mass is 307 g/mol. The Morgan fingerprint density at radius 1 is 1.21 bits per heavy atom. The molecule has 0 heterocycles. The fraction of sp³-hybridized carbons (Fsp3) is 0.400. The van der Waals surface area contributed by atoms with Crippen molar-refractivity contribution in [3.63, 3.8) is 0 Å². The second-order valence-corrected chi connectivity index (χ2v) is 3.46. The van der Waals surface area contributed by atoms with Crippen molar-refractivity contribution in [3.05, 3.63) is 29.8 Å². The molecule has 0 unspecified atom stereocenters. The van der Waals surface area contributed by atoms with Crippen LogP contribution in [-0.4, -0.2) is 24.0 Å². The Morgan fingerprint density at radius 3 is 2.26 bits per heavy atom. The quantitative estimate of drug-likeness (QED) is 0.841. The molecule has 0 aliphatic carbocycles. The summed E-state index contributed by atoms with van der Waals surface area (Å²) in [6.07, 6.45) is -7.67. The van der Waals surface area contributed by atoms with Crippen LogP contribution in [0.5, 0.6) is 5.75 Å². The van der Waals surface area contributed by atoms with Gasteiger partial charge >= 0.3 is 12.8 Å². The van der Waals surface area contributed by atoms with Gasteiger partial charge in [-0.3, -0.25) is 0 Å². The summed E-state index contributed by atoms with van der Waals surface area (Å²) in [4.78, 5) is 0. The van der Waals surface area contributed by atoms with Crippen molar-refractivity contribution in [2.45, 2.75) is 24.9 Å². The lowest BCUT2D eigenvalue weighted by Crippen LogP contribution is -2.38. The lowest BCUT2D eigenvalue weighted by molar-refractivity contribution is -0.210. The Morgan fingerprint density at radius 2 is 1.79 bits per heavy atom. The van der Waals surface area contributed by atoms with Crippen molar-refractivity contribution in [3.8, 4) is 5.75 Å². The maximum Gasteiger partial charge on any atom is 0.416 e. The second-order valence-electron chi connectivity index (χ2n) is 3.46. The third kappa shape index (κ3) is 5.17. The van der Waals surface area contributed by atoms with E-state index in [1.165, 1.54) is 12.1 Å². The Bertz CT molecular complexity index is 402. The van der Waals surface area contributed by atoms with E-state index in [0.29, 0.717) is 0 Å². The van der Waals surface area contributed by atoms with E-state index >= 15 is 0 Å². The van der Waals surface area contributed by atoms with Gasteiger partial charge in [0.05, 0.1) is 6.04 Å². The highest BCUT2D eigenvalue weighted by Crippen LogP contribution is 2.30. The standard InChI is InChI=1S/C10H10F5NO2.ClH/c11-9(12)18-6-3-1-2-5(4-6)7(16)8(17)10(13,14)15;/h1-4,7-9,17H,16H2;1H/t7-,8-;/m0./s1. The van der Waals surface area contributed by atoms with Gasteiger partial charge in [-0.05, 0) is 17.7 Å². The van der Waals surface area contributed by atoms with Gasteiger partial charge in [0.15, 0.2) is 6.10 Å². The predicted octanol–water partition coefficient (Wildman–Crippen LogP) is 2.63. The number of hydrogen-bond acceptors (Lipinski definition) is 3. The highest BCUT2D eigenvalue weighted by atomic mass is 35.5. The maximum atomic E-state index is 12.2. The molecule has 3 N–H and O–H groups in total. The number of rotatable bonds is 4. The van der Waals surface area contributed by atoms with E-state index in [1.807, 2.05) is 0 Å². The molecule has 0 aliphatic rings. The fourth-order valence-electron chi connectivity index (χ4n) is 1.28. The lowest BCUT2D eigenvalue weighted by atomic mass is 10.0. The number of alkyl halides is 5. The van der Waals surface area contributed by atoms with Gasteiger partial charge in [-0.2, -0.15) is 22.0 Å². The molecule has 1 aromatic carbocycles. The van der Waals surface area contributed by atoms with E-state index in [1.54, 1.807) is 0 Å². The van der Waals surface area contributed by atoms with Crippen molar-refractivity contribution >= 4 is 12.4 Å². The predicted molar refractivity (Wildman–Crippen MR) is 59.3 cm³/mol. The Hall–Kier alpha value is -1.12. The largest absolute Gasteiger partial charge is 0.435 e. The zero-order valence-electron chi connectivity index (χ0n) is 9.27. The number of nitrogens with two attached hydrogens (primary N) is 1. The molecule has 0 radical (unpaired) electrons. The number of aliphatic hydroxyl groups excluding tert-OH is 1. The molecule has 0 saturated heterocycles. The van der Waals surface area contributed by atoms with Gasteiger partial charge in [0.25, 0.3) is 0 Å². The first kappa shape index (κ1) is 17.9. The van der Waals surface area contributed by atoms with Crippen molar-refractivity contribution in [2.75, 3.05) is 0 Å². The zero-order valence-corrected chi connectivity index (χ0v) is 10.1. The van der Waals surface area contributed by atoms with Crippen LogP contribution in [0.1, 0.15) is 11.6 Å². The van der Waals surface area contributed by atoms with Crippen LogP contribution in [0.25, 0.3) is 0 Å². The maximum absolute atomic E-state index is 12.2. The smallest absolute Gasteiger partial charge is 0.416 e. The molecule has 110 valence electrons. The first-order valence-corrected chi connectivity index (χ1v) is 4.77. The van der Waals surface area contributed by atoms with Crippen LogP contribution in [0, 0.1) is 0 Å². The van der Waals surface area contributed by atoms with Crippen molar-refractivity contribution in [1.29, 1.82) is 0 Å². The molecule has 0 spiro atoms. The van der Waals surface area contributed by atoms with Gasteiger partial charge in [0.2, 0.25) is 0 Å². The van der Waals surface area contributed by atoms with Crippen LogP contribution in [0.4, 0.5) is 22.0 Å². The number of hydrogen-bond donors (Lipinski definition) is 2. The van der Waals surface area contributed by atoms with Gasteiger partial charge in [-0.15, -0.1) is 12.4 Å². The molecule has 0 bridgehead atoms. The minimum Gasteiger partial charge on any atom is -0.435 e. The lowest BCUT2D eigenvalue weighted by Gasteiger charge is -2.22. The minimum atomic E-state index is -4.89. The van der Waals surface area contributed by atoms with Gasteiger partial charge < -0.3 is 15.6 Å². The summed E-state index contributed by atoms with van der Waals surface area (Å²) in [5, 5.41) is 8.94. The second kappa shape index (κ2) is 6.88. The zero-order chi connectivity index (χ0) is 13.9. The van der Waals surface area contributed by atoms with Crippen LogP contribution in [0.3, 0.4) is 0 Å². The summed E-state index contributed by atoms with van der Waals surface area (Å²) in [5.74, 6) is -0.327. The van der Waals surface area contributed by atoms with Gasteiger partial charge in [-0.1, -0.05) is 12.1 Å². The van der Waals surface area contributed by atoms with Gasteiger partial charge in [0, 0.05) is 0 Å². The summed E-state index contributed by atoms with van der Waals surface area (Å²) in [6.45, 7) is -3.09. The summed E-state index contributed by atoms with van der Waals surface area (Å²) >= 11 is 0. The first-order valence-electron chi connectivity index (χ1n) is 4.77. The normalized spacial score (nSPS) is 14.7. The summed E-state index contributed by atoms with van der Waals surface area (Å²) in [7, 11) is 0. The third-order valence-corrected chi connectivity index (χ3v) is 2.14. The van der Waals surface area contributed by atoms with E-state index in [-0.39, 0.29) is 23.7 Å². The molecule has 19 heavy (non-hydrogen) atoms. The van der Waals surface area contributed by atoms with Gasteiger partial charge in [0.1, 0.15) is 5.75 Å². The SMILES string of the molecule is Cl.N[C@@H](c1cccc(OC(F)F)c1)[C@H](O)C(F)(F)F. The number of halogens is 6. The third-order valence-electron chi connectivity index (χ3n) is 2.14. The number of benzene rings is 1. The molecule has 1 rings (SSSR count). The summed E-state index contributed by atoms with van der Waals surface area (Å²) in [6, 6.07) is 2.67. The molecular weight excluding hydrogens is 297 g/mol. The molecule has 0 saturated carbocycles. The average Bonchev–Trinajstić information content (AvgIpc) is 2.25. The van der Waals surface area contributed by atoms with Crippen molar-refractivity contribution in [2.24, 2.45) is 5.73 Å². The molecule has 2 atom stereocenters. The summed E-state index contributed by atoms with van der Waals surface area (Å²) in [5.41, 5.74) is 5.06. The van der Waals surface area contributed by atoms with E-state index in [0.717, 1.165) is 12.1 Å². The molecule has 0 amide bonds. The van der Waals surface area contributed by atoms with E-state index in [4.69, 9.17) is 10.8 Å².